The van der Waals surface area contributed by atoms with Gasteiger partial charge in [0.25, 0.3) is 0 Å². The van der Waals surface area contributed by atoms with Crippen LogP contribution in [-0.4, -0.2) is 57.8 Å². The third kappa shape index (κ3) is 3.25. The summed E-state index contributed by atoms with van der Waals surface area (Å²) in [6.45, 7) is 8.31. The van der Waals surface area contributed by atoms with Crippen molar-refractivity contribution in [3.8, 4) is 5.75 Å². The Labute approximate surface area is 121 Å². The first kappa shape index (κ1) is 13.7. The standard InChI is InChI=1S/C16H25N3O/c1-20-16-4-2-3-15(11-16)19-9-7-18(8-10-19)6-5-14-12-17-13-14/h2-4,11,14,17H,5-10,12-13H2,1H3. The minimum absolute atomic E-state index is 0.923. The Morgan fingerprint density at radius 1 is 1.20 bits per heavy atom. The number of methoxy groups -OCH3 is 1. The molecule has 3 rings (SSSR count). The van der Waals surface area contributed by atoms with E-state index in [1.54, 1.807) is 7.11 Å². The molecular formula is C16H25N3O. The Hall–Kier alpha value is -1.26. The van der Waals surface area contributed by atoms with Crippen molar-refractivity contribution in [2.45, 2.75) is 6.42 Å². The molecule has 0 spiro atoms. The lowest BCUT2D eigenvalue weighted by molar-refractivity contribution is 0.216. The number of benzene rings is 1. The molecule has 2 fully saturated rings. The van der Waals surface area contributed by atoms with Crippen LogP contribution in [0, 0.1) is 5.92 Å². The van der Waals surface area contributed by atoms with Gasteiger partial charge in [-0.15, -0.1) is 0 Å². The van der Waals surface area contributed by atoms with Crippen LogP contribution in [0.3, 0.4) is 0 Å². The van der Waals surface area contributed by atoms with E-state index in [4.69, 9.17) is 4.74 Å². The van der Waals surface area contributed by atoms with Gasteiger partial charge in [0.2, 0.25) is 0 Å². The SMILES string of the molecule is COc1cccc(N2CCN(CCC3CNC3)CC2)c1. The maximum absolute atomic E-state index is 5.31. The van der Waals surface area contributed by atoms with E-state index in [2.05, 4.69) is 33.3 Å². The molecule has 1 aromatic rings. The largest absolute Gasteiger partial charge is 0.497 e. The van der Waals surface area contributed by atoms with Crippen LogP contribution < -0.4 is 15.0 Å². The van der Waals surface area contributed by atoms with Crippen molar-refractivity contribution in [2.24, 2.45) is 5.92 Å². The van der Waals surface area contributed by atoms with Crippen LogP contribution in [-0.2, 0) is 0 Å². The lowest BCUT2D eigenvalue weighted by atomic mass is 9.99. The third-order valence-electron chi connectivity index (χ3n) is 4.51. The molecule has 0 aromatic heterocycles. The number of nitrogens with zero attached hydrogens (tertiary/aromatic N) is 2. The summed E-state index contributed by atoms with van der Waals surface area (Å²) in [5.74, 6) is 1.87. The van der Waals surface area contributed by atoms with Crippen LogP contribution in [0.5, 0.6) is 5.75 Å². The normalized spacial score (nSPS) is 20.8. The summed E-state index contributed by atoms with van der Waals surface area (Å²) < 4.78 is 5.31. The molecule has 110 valence electrons. The van der Waals surface area contributed by atoms with Crippen LogP contribution in [0.15, 0.2) is 24.3 Å². The number of nitrogens with one attached hydrogen (secondary N) is 1. The molecule has 2 aliphatic heterocycles. The van der Waals surface area contributed by atoms with Crippen molar-refractivity contribution in [1.29, 1.82) is 0 Å². The molecule has 1 aromatic carbocycles. The van der Waals surface area contributed by atoms with E-state index in [9.17, 15) is 0 Å². The number of hydrogen-bond donors (Lipinski definition) is 1. The van der Waals surface area contributed by atoms with Gasteiger partial charge in [0.15, 0.2) is 0 Å². The second-order valence-corrected chi connectivity index (χ2v) is 5.84. The highest BCUT2D eigenvalue weighted by atomic mass is 16.5. The first-order chi connectivity index (χ1) is 9.85. The summed E-state index contributed by atoms with van der Waals surface area (Å²) in [6, 6.07) is 8.39. The fourth-order valence-electron chi connectivity index (χ4n) is 2.95. The Morgan fingerprint density at radius 3 is 2.65 bits per heavy atom. The third-order valence-corrected chi connectivity index (χ3v) is 4.51. The molecule has 1 N–H and O–H groups in total. The van der Waals surface area contributed by atoms with Crippen molar-refractivity contribution in [1.82, 2.24) is 10.2 Å². The summed E-state index contributed by atoms with van der Waals surface area (Å²) in [6.07, 6.45) is 1.35. The van der Waals surface area contributed by atoms with Gasteiger partial charge >= 0.3 is 0 Å². The Kier molecular flexibility index (Phi) is 4.43. The van der Waals surface area contributed by atoms with Crippen molar-refractivity contribution < 1.29 is 4.74 Å². The van der Waals surface area contributed by atoms with E-state index < -0.39 is 0 Å². The van der Waals surface area contributed by atoms with E-state index in [1.165, 1.54) is 44.8 Å². The van der Waals surface area contributed by atoms with Crippen molar-refractivity contribution in [3.05, 3.63) is 24.3 Å². The average molecular weight is 275 g/mol. The molecule has 20 heavy (non-hydrogen) atoms. The number of ether oxygens (including phenoxy) is 1. The molecule has 0 radical (unpaired) electrons. The molecule has 0 aliphatic carbocycles. The van der Waals surface area contributed by atoms with E-state index >= 15 is 0 Å². The molecule has 4 nitrogen and oxygen atoms in total. The molecule has 4 heteroatoms. The van der Waals surface area contributed by atoms with Gasteiger partial charge in [0.05, 0.1) is 7.11 Å². The van der Waals surface area contributed by atoms with Gasteiger partial charge < -0.3 is 15.0 Å². The second kappa shape index (κ2) is 6.46. The Bertz CT molecular complexity index is 425. The molecule has 0 saturated carbocycles. The van der Waals surface area contributed by atoms with Gasteiger partial charge in [-0.1, -0.05) is 6.07 Å². The van der Waals surface area contributed by atoms with E-state index in [0.29, 0.717) is 0 Å². The molecule has 0 unspecified atom stereocenters. The summed E-state index contributed by atoms with van der Waals surface area (Å²) in [5, 5.41) is 3.35. The highest BCUT2D eigenvalue weighted by molar-refractivity contribution is 5.51. The van der Waals surface area contributed by atoms with Crippen molar-refractivity contribution in [3.63, 3.8) is 0 Å². The summed E-state index contributed by atoms with van der Waals surface area (Å²) >= 11 is 0. The van der Waals surface area contributed by atoms with Gasteiger partial charge in [-0.05, 0) is 44.1 Å². The molecule has 0 amide bonds. The molecule has 0 bridgehead atoms. The fraction of sp³-hybridized carbons (Fsp3) is 0.625. The minimum Gasteiger partial charge on any atom is -0.497 e. The number of hydrogen-bond acceptors (Lipinski definition) is 4. The summed E-state index contributed by atoms with van der Waals surface area (Å²) in [5.41, 5.74) is 1.28. The molecule has 2 aliphatic rings. The van der Waals surface area contributed by atoms with Crippen LogP contribution in [0.1, 0.15) is 6.42 Å². The Morgan fingerprint density at radius 2 is 2.00 bits per heavy atom. The Balaban J connectivity index is 1.47. The zero-order valence-electron chi connectivity index (χ0n) is 12.3. The van der Waals surface area contributed by atoms with Gasteiger partial charge in [-0.3, -0.25) is 4.90 Å². The molecular weight excluding hydrogens is 250 g/mol. The number of rotatable bonds is 5. The van der Waals surface area contributed by atoms with Crippen LogP contribution in [0.4, 0.5) is 5.69 Å². The summed E-state index contributed by atoms with van der Waals surface area (Å²) in [4.78, 5) is 5.07. The highest BCUT2D eigenvalue weighted by Crippen LogP contribution is 2.22. The van der Waals surface area contributed by atoms with Gasteiger partial charge in [0, 0.05) is 37.9 Å². The van der Waals surface area contributed by atoms with E-state index in [-0.39, 0.29) is 0 Å². The second-order valence-electron chi connectivity index (χ2n) is 5.84. The van der Waals surface area contributed by atoms with Crippen LogP contribution >= 0.6 is 0 Å². The van der Waals surface area contributed by atoms with E-state index in [1.807, 2.05) is 6.07 Å². The van der Waals surface area contributed by atoms with Gasteiger partial charge in [-0.25, -0.2) is 0 Å². The fourth-order valence-corrected chi connectivity index (χ4v) is 2.95. The molecule has 0 atom stereocenters. The number of anilines is 1. The average Bonchev–Trinajstić information content (AvgIpc) is 2.46. The highest BCUT2D eigenvalue weighted by Gasteiger charge is 2.21. The monoisotopic (exact) mass is 275 g/mol. The maximum Gasteiger partial charge on any atom is 0.120 e. The first-order valence-electron chi connectivity index (χ1n) is 7.67. The van der Waals surface area contributed by atoms with Gasteiger partial charge in [-0.2, -0.15) is 0 Å². The number of piperazine rings is 1. The zero-order valence-corrected chi connectivity index (χ0v) is 12.3. The quantitative estimate of drug-likeness (QED) is 0.880. The first-order valence-corrected chi connectivity index (χ1v) is 7.67. The minimum atomic E-state index is 0.923. The molecule has 2 heterocycles. The van der Waals surface area contributed by atoms with Crippen LogP contribution in [0.25, 0.3) is 0 Å². The van der Waals surface area contributed by atoms with E-state index in [0.717, 1.165) is 24.8 Å². The van der Waals surface area contributed by atoms with Gasteiger partial charge in [0.1, 0.15) is 5.75 Å². The smallest absolute Gasteiger partial charge is 0.120 e. The summed E-state index contributed by atoms with van der Waals surface area (Å²) in [7, 11) is 1.73. The zero-order chi connectivity index (χ0) is 13.8. The predicted molar refractivity (Wildman–Crippen MR) is 82.6 cm³/mol. The lowest BCUT2D eigenvalue weighted by Crippen LogP contribution is -2.48. The lowest BCUT2D eigenvalue weighted by Gasteiger charge is -2.37. The van der Waals surface area contributed by atoms with Crippen molar-refractivity contribution in [2.75, 3.05) is 57.8 Å². The predicted octanol–water partition coefficient (Wildman–Crippen LogP) is 1.43. The molecule has 2 saturated heterocycles. The van der Waals surface area contributed by atoms with Crippen LogP contribution in [0.2, 0.25) is 0 Å². The topological polar surface area (TPSA) is 27.7 Å². The maximum atomic E-state index is 5.31. The van der Waals surface area contributed by atoms with Crippen molar-refractivity contribution >= 4 is 5.69 Å².